The summed E-state index contributed by atoms with van der Waals surface area (Å²) in [7, 11) is -3.64. The average molecular weight is 485 g/mol. The fourth-order valence-corrected chi connectivity index (χ4v) is 6.26. The molecular weight excluding hydrogens is 464 g/mol. The highest BCUT2D eigenvalue weighted by molar-refractivity contribution is 9.10. The van der Waals surface area contributed by atoms with Crippen molar-refractivity contribution in [3.05, 3.63) is 33.2 Å². The molecule has 2 heterocycles. The van der Waals surface area contributed by atoms with Crippen molar-refractivity contribution in [1.82, 2.24) is 14.5 Å². The third kappa shape index (κ3) is 4.29. The van der Waals surface area contributed by atoms with Crippen molar-refractivity contribution in [2.24, 2.45) is 5.92 Å². The third-order valence-electron chi connectivity index (χ3n) is 5.10. The van der Waals surface area contributed by atoms with Crippen molar-refractivity contribution in [3.8, 4) is 0 Å². The summed E-state index contributed by atoms with van der Waals surface area (Å²) in [5.41, 5.74) is 0.265. The van der Waals surface area contributed by atoms with Crippen molar-refractivity contribution in [2.75, 3.05) is 18.4 Å². The average Bonchev–Trinajstić information content (AvgIpc) is 3.41. The van der Waals surface area contributed by atoms with Crippen LogP contribution in [0.15, 0.2) is 27.6 Å². The van der Waals surface area contributed by atoms with Crippen LogP contribution in [0.2, 0.25) is 0 Å². The molecule has 1 saturated heterocycles. The normalized spacial score (nSPS) is 18.9. The lowest BCUT2D eigenvalue weighted by molar-refractivity contribution is 0.102. The van der Waals surface area contributed by atoms with Crippen LogP contribution in [0.5, 0.6) is 0 Å². The Morgan fingerprint density at radius 3 is 2.57 bits per heavy atom. The number of sulfonamides is 1. The number of benzene rings is 1. The summed E-state index contributed by atoms with van der Waals surface area (Å²) in [4.78, 5) is 12.8. The molecule has 4 rings (SSSR count). The number of rotatable bonds is 5. The van der Waals surface area contributed by atoms with E-state index in [2.05, 4.69) is 38.4 Å². The van der Waals surface area contributed by atoms with Gasteiger partial charge in [0.2, 0.25) is 15.2 Å². The number of hydrogen-bond acceptors (Lipinski definition) is 6. The molecular formula is C18H21BrN4O3S2. The number of carbonyl (C=O) groups excluding carboxylic acids is 1. The molecule has 7 nitrogen and oxygen atoms in total. The molecule has 1 N–H and O–H groups in total. The number of halogens is 1. The summed E-state index contributed by atoms with van der Waals surface area (Å²) in [5.74, 6) is 0.601. The Labute approximate surface area is 176 Å². The van der Waals surface area contributed by atoms with Gasteiger partial charge in [-0.2, -0.15) is 4.31 Å². The highest BCUT2D eigenvalue weighted by Crippen LogP contribution is 2.42. The summed E-state index contributed by atoms with van der Waals surface area (Å²) < 4.78 is 28.1. The number of nitrogens with zero attached hydrogens (tertiary/aromatic N) is 3. The highest BCUT2D eigenvalue weighted by atomic mass is 79.9. The Morgan fingerprint density at radius 1 is 1.18 bits per heavy atom. The highest BCUT2D eigenvalue weighted by Gasteiger charge is 2.30. The lowest BCUT2D eigenvalue weighted by Crippen LogP contribution is -2.38. The second kappa shape index (κ2) is 7.81. The number of amides is 1. The maximum atomic E-state index is 13.0. The number of carbonyl (C=O) groups is 1. The largest absolute Gasteiger partial charge is 0.296 e. The van der Waals surface area contributed by atoms with E-state index in [0.29, 0.717) is 34.5 Å². The van der Waals surface area contributed by atoms with E-state index in [1.54, 1.807) is 12.1 Å². The molecule has 1 aliphatic carbocycles. The van der Waals surface area contributed by atoms with Crippen molar-refractivity contribution in [3.63, 3.8) is 0 Å². The first-order valence-corrected chi connectivity index (χ1v) is 12.3. The molecule has 0 spiro atoms. The van der Waals surface area contributed by atoms with E-state index in [9.17, 15) is 13.2 Å². The van der Waals surface area contributed by atoms with Crippen molar-refractivity contribution < 1.29 is 13.2 Å². The van der Waals surface area contributed by atoms with E-state index < -0.39 is 15.9 Å². The Hall–Kier alpha value is -1.36. The van der Waals surface area contributed by atoms with Crippen LogP contribution < -0.4 is 5.32 Å². The first kappa shape index (κ1) is 19.9. The molecule has 2 fully saturated rings. The molecule has 2 aliphatic rings. The van der Waals surface area contributed by atoms with Crippen LogP contribution in [0, 0.1) is 5.92 Å². The van der Waals surface area contributed by atoms with Crippen LogP contribution >= 0.6 is 27.3 Å². The summed E-state index contributed by atoms with van der Waals surface area (Å²) in [6, 6.07) is 4.58. The van der Waals surface area contributed by atoms with Gasteiger partial charge in [-0.05, 0) is 49.8 Å². The number of hydrogen-bond donors (Lipinski definition) is 1. The summed E-state index contributed by atoms with van der Waals surface area (Å²) in [6.07, 6.45) is 3.93. The van der Waals surface area contributed by atoms with Gasteiger partial charge < -0.3 is 0 Å². The summed E-state index contributed by atoms with van der Waals surface area (Å²) in [5, 5.41) is 12.2. The summed E-state index contributed by atoms with van der Waals surface area (Å²) in [6.45, 7) is 3.14. The zero-order valence-electron chi connectivity index (χ0n) is 15.4. The maximum absolute atomic E-state index is 13.0. The standard InChI is InChI=1S/C18H21BrN4O3S2/c1-11-4-6-23(7-5-11)28(25,26)15-9-13(8-14(19)10-15)16(24)20-18-22-21-17(27-18)12-2-3-12/h8-12H,2-7H2,1H3,(H,20,22,24). The van der Waals surface area contributed by atoms with E-state index in [1.807, 2.05) is 0 Å². The predicted molar refractivity (Wildman–Crippen MR) is 111 cm³/mol. The molecule has 0 radical (unpaired) electrons. The number of nitrogens with one attached hydrogen (secondary N) is 1. The molecule has 0 atom stereocenters. The van der Waals surface area contributed by atoms with Crippen molar-refractivity contribution >= 4 is 48.3 Å². The van der Waals surface area contributed by atoms with E-state index in [0.717, 1.165) is 30.7 Å². The van der Waals surface area contributed by atoms with Gasteiger partial charge in [0.25, 0.3) is 5.91 Å². The maximum Gasteiger partial charge on any atom is 0.257 e. The van der Waals surface area contributed by atoms with Crippen LogP contribution in [0.4, 0.5) is 5.13 Å². The van der Waals surface area contributed by atoms with Gasteiger partial charge in [-0.15, -0.1) is 10.2 Å². The number of piperidine rings is 1. The molecule has 2 aromatic rings. The van der Waals surface area contributed by atoms with Crippen LogP contribution in [-0.4, -0.2) is 41.9 Å². The smallest absolute Gasteiger partial charge is 0.257 e. The van der Waals surface area contributed by atoms with Crippen LogP contribution in [0.25, 0.3) is 0 Å². The minimum Gasteiger partial charge on any atom is -0.296 e. The van der Waals surface area contributed by atoms with Gasteiger partial charge in [-0.1, -0.05) is 34.2 Å². The van der Waals surface area contributed by atoms with Gasteiger partial charge in [0.15, 0.2) is 0 Å². The van der Waals surface area contributed by atoms with Gasteiger partial charge in [-0.3, -0.25) is 10.1 Å². The SMILES string of the molecule is CC1CCN(S(=O)(=O)c2cc(Br)cc(C(=O)Nc3nnc(C4CC4)s3)c2)CC1. The fourth-order valence-electron chi connectivity index (χ4n) is 3.17. The van der Waals surface area contributed by atoms with Crippen LogP contribution in [0.1, 0.15) is 53.9 Å². The van der Waals surface area contributed by atoms with E-state index in [1.165, 1.54) is 21.7 Å². The molecule has 0 bridgehead atoms. The molecule has 150 valence electrons. The number of aromatic nitrogens is 2. The van der Waals surface area contributed by atoms with Gasteiger partial charge >= 0.3 is 0 Å². The lowest BCUT2D eigenvalue weighted by Gasteiger charge is -2.29. The van der Waals surface area contributed by atoms with Crippen LogP contribution in [-0.2, 0) is 10.0 Å². The molecule has 1 saturated carbocycles. The topological polar surface area (TPSA) is 92.3 Å². The number of anilines is 1. The molecule has 1 aliphatic heterocycles. The van der Waals surface area contributed by atoms with Gasteiger partial charge in [0.1, 0.15) is 5.01 Å². The summed E-state index contributed by atoms with van der Waals surface area (Å²) >= 11 is 4.71. The van der Waals surface area contributed by atoms with E-state index >= 15 is 0 Å². The lowest BCUT2D eigenvalue weighted by atomic mass is 10.0. The first-order valence-electron chi connectivity index (χ1n) is 9.28. The fraction of sp³-hybridized carbons (Fsp3) is 0.500. The monoisotopic (exact) mass is 484 g/mol. The van der Waals surface area contributed by atoms with Gasteiger partial charge in [0.05, 0.1) is 4.90 Å². The van der Waals surface area contributed by atoms with Gasteiger partial charge in [0, 0.05) is 29.0 Å². The first-order chi connectivity index (χ1) is 13.3. The van der Waals surface area contributed by atoms with Crippen molar-refractivity contribution in [1.29, 1.82) is 0 Å². The van der Waals surface area contributed by atoms with E-state index in [-0.39, 0.29) is 10.5 Å². The zero-order valence-corrected chi connectivity index (χ0v) is 18.6. The molecule has 10 heteroatoms. The zero-order chi connectivity index (χ0) is 19.9. The Balaban J connectivity index is 1.54. The Bertz CT molecular complexity index is 996. The Kier molecular flexibility index (Phi) is 5.56. The quantitative estimate of drug-likeness (QED) is 0.695. The minimum absolute atomic E-state index is 0.123. The van der Waals surface area contributed by atoms with Crippen LogP contribution in [0.3, 0.4) is 0 Å². The molecule has 1 aromatic heterocycles. The van der Waals surface area contributed by atoms with E-state index in [4.69, 9.17) is 0 Å². The Morgan fingerprint density at radius 2 is 1.89 bits per heavy atom. The van der Waals surface area contributed by atoms with Gasteiger partial charge in [-0.25, -0.2) is 8.42 Å². The molecule has 1 aromatic carbocycles. The minimum atomic E-state index is -3.64. The van der Waals surface area contributed by atoms with Crippen molar-refractivity contribution in [2.45, 2.75) is 43.4 Å². The third-order valence-corrected chi connectivity index (χ3v) is 8.44. The second-order valence-electron chi connectivity index (χ2n) is 7.44. The molecule has 0 unspecified atom stereocenters. The second-order valence-corrected chi connectivity index (χ2v) is 11.3. The molecule has 1 amide bonds. The molecule has 28 heavy (non-hydrogen) atoms. The predicted octanol–water partition coefficient (Wildman–Crippen LogP) is 3.85.